The maximum absolute atomic E-state index is 16.7. The highest BCUT2D eigenvalue weighted by Gasteiger charge is 2.61. The fourth-order valence-corrected chi connectivity index (χ4v) is 10.2. The Hall–Kier alpha value is -7.07. The fraction of sp³-hybridized carbons (Fsp3) is 0.534. The summed E-state index contributed by atoms with van der Waals surface area (Å²) in [5.41, 5.74) is 1.33. The summed E-state index contributed by atoms with van der Waals surface area (Å²) in [6.07, 6.45) is -1.81. The van der Waals surface area contributed by atoms with Crippen molar-refractivity contribution >= 4 is 29.8 Å². The monoisotopic (exact) mass is 1160 g/mol. The van der Waals surface area contributed by atoms with Gasteiger partial charge in [-0.05, 0) is 94.0 Å². The largest absolute Gasteiger partial charge is 0.453 e. The van der Waals surface area contributed by atoms with E-state index in [2.05, 4.69) is 59.2 Å². The van der Waals surface area contributed by atoms with Gasteiger partial charge in [0.05, 0.1) is 51.0 Å². The third kappa shape index (κ3) is 15.7. The molecule has 1 saturated carbocycles. The van der Waals surface area contributed by atoms with Crippen molar-refractivity contribution in [3.8, 4) is 23.2 Å². The number of halogens is 6. The van der Waals surface area contributed by atoms with E-state index in [9.17, 15) is 37.5 Å². The number of primary amides is 1. The zero-order valence-corrected chi connectivity index (χ0v) is 46.6. The minimum Gasteiger partial charge on any atom is -0.453 e. The number of anilines is 1. The van der Waals surface area contributed by atoms with Gasteiger partial charge in [-0.3, -0.25) is 14.5 Å². The summed E-state index contributed by atoms with van der Waals surface area (Å²) in [6, 6.07) is 11.8. The maximum atomic E-state index is 16.7. The van der Waals surface area contributed by atoms with Crippen LogP contribution in [0.4, 0.5) is 41.7 Å². The molecule has 7 N–H and O–H groups in total. The van der Waals surface area contributed by atoms with Gasteiger partial charge in [-0.25, -0.2) is 37.7 Å². The lowest BCUT2D eigenvalue weighted by Gasteiger charge is -2.55. The number of carbonyl (C=O) groups is 4. The molecule has 3 aliphatic rings. The summed E-state index contributed by atoms with van der Waals surface area (Å²) < 4.78 is 99.3. The van der Waals surface area contributed by atoms with Crippen LogP contribution in [0.25, 0.3) is 11.4 Å². The number of piperazine rings is 1. The Morgan fingerprint density at radius 1 is 0.902 bits per heavy atom. The van der Waals surface area contributed by atoms with Gasteiger partial charge < -0.3 is 51.2 Å². The van der Waals surface area contributed by atoms with E-state index in [1.807, 2.05) is 43.3 Å². The number of aliphatic hydroxyl groups is 1. The van der Waals surface area contributed by atoms with Crippen LogP contribution in [0.15, 0.2) is 73.2 Å². The average molecular weight is 1160 g/mol. The van der Waals surface area contributed by atoms with Gasteiger partial charge in [0, 0.05) is 87.9 Å². The van der Waals surface area contributed by atoms with E-state index in [-0.39, 0.29) is 59.1 Å². The maximum Gasteiger partial charge on any atom is 0.407 e. The van der Waals surface area contributed by atoms with Crippen molar-refractivity contribution in [1.82, 2.24) is 41.1 Å². The van der Waals surface area contributed by atoms with Gasteiger partial charge in [-0.2, -0.15) is 13.2 Å². The molecule has 2 aromatic carbocycles. The van der Waals surface area contributed by atoms with Gasteiger partial charge in [-0.1, -0.05) is 58.6 Å². The number of carbonyl (C=O) groups excluding carboxylic acids is 4. The highest BCUT2D eigenvalue weighted by atomic mass is 19.4. The van der Waals surface area contributed by atoms with Gasteiger partial charge in [0.2, 0.25) is 11.8 Å². The number of hydrogen-bond acceptors (Lipinski definition) is 14. The van der Waals surface area contributed by atoms with Crippen molar-refractivity contribution in [2.45, 2.75) is 129 Å². The van der Waals surface area contributed by atoms with Crippen LogP contribution in [0.3, 0.4) is 0 Å². The topological polar surface area (TPSA) is 235 Å². The molecule has 2 saturated heterocycles. The Morgan fingerprint density at radius 2 is 1.50 bits per heavy atom. The lowest BCUT2D eigenvalue weighted by molar-refractivity contribution is -0.220. The minimum atomic E-state index is -4.69. The first kappa shape index (κ1) is 65.7. The number of alkyl halides is 4. The third-order valence-electron chi connectivity index (χ3n) is 15.7. The van der Waals surface area contributed by atoms with Crippen LogP contribution >= 0.6 is 0 Å². The predicted molar refractivity (Wildman–Crippen MR) is 300 cm³/mol. The SMILES string of the molecule is C.CCC1CCC1(F)C(C)(C)[C@H](NC(=O)OC)C(=O)N[C@@H](Cc1ccc(C#Cc2ccc(N3CCN(C4COC4)[C@H](C)C3)nc2)cc1)[C@@H](O)CNCc1c(F)cc(-c2ncccn2)cc1F.COC(=O)N[C@H](C(N)=O)C(C)(C)C(F)(F)F.[HH].[HH]. The van der Waals surface area contributed by atoms with E-state index in [0.29, 0.717) is 24.9 Å². The molecule has 1 aliphatic carbocycles. The molecular weight excluding hydrogens is 1080 g/mol. The van der Waals surface area contributed by atoms with Crippen LogP contribution < -0.4 is 31.9 Å². The Kier molecular flexibility index (Phi) is 22.7. The van der Waals surface area contributed by atoms with Crippen molar-refractivity contribution in [2.24, 2.45) is 22.5 Å². The molecule has 4 amide bonds. The van der Waals surface area contributed by atoms with Crippen LogP contribution in [-0.4, -0.2) is 151 Å². The standard InChI is InChI=1S/C49H59F3N8O5.C8H13F3N2O3.CH4.2H2/c1-6-36-16-17-49(36,52)48(3,4)44(58-47(63)64-5)46(62)57-41(42(61)27-53-26-38-39(50)23-35(24-40(38)51)45-54-18-7-19-55-45)22-33-11-8-32(9-12-33)10-13-34-14-15-43(56-25-34)59-20-21-60(31(2)28-59)37-29-65-30-37;1-7(2,8(9,10)11)4(5(12)14)13-6(15)16-3;;;/h7-9,11-12,14-15,18-19,23-25,31,36-37,41-42,44,53,61H,6,16-17,20-22,26-30H2,1-5H3,(H,57,62)(H,58,63);4H,1-3H3,(H2,12,14)(H,13,15);1H4;2*1H/t31-,36?,41+,42+,44-,49?;4-;;;/m11.../s1. The highest BCUT2D eigenvalue weighted by molar-refractivity contribution is 5.87. The molecule has 24 heteroatoms. The Balaban J connectivity index is 0.000000851. The molecule has 4 heterocycles. The van der Waals surface area contributed by atoms with Crippen molar-refractivity contribution in [1.29, 1.82) is 0 Å². The zero-order chi connectivity index (χ0) is 59.5. The number of hydrogen-bond donors (Lipinski definition) is 6. The molecule has 0 bridgehead atoms. The van der Waals surface area contributed by atoms with Gasteiger partial charge in [0.25, 0.3) is 0 Å². The molecule has 18 nitrogen and oxygen atoms in total. The van der Waals surface area contributed by atoms with Crippen molar-refractivity contribution in [3.63, 3.8) is 0 Å². The van der Waals surface area contributed by atoms with E-state index in [1.54, 1.807) is 31.4 Å². The number of nitrogens with one attached hydrogen (secondary N) is 4. The number of pyridine rings is 1. The molecule has 0 radical (unpaired) electrons. The minimum absolute atomic E-state index is 0. The molecule has 7 rings (SSSR count). The quantitative estimate of drug-likeness (QED) is 0.0394. The third-order valence-corrected chi connectivity index (χ3v) is 15.7. The molecular formula is C58H80F6N10O8. The molecule has 2 aromatic heterocycles. The molecule has 2 unspecified atom stereocenters. The van der Waals surface area contributed by atoms with E-state index in [4.69, 9.17) is 20.2 Å². The first-order valence-electron chi connectivity index (χ1n) is 26.6. The summed E-state index contributed by atoms with van der Waals surface area (Å²) in [5.74, 6) is 3.48. The van der Waals surface area contributed by atoms with Gasteiger partial charge >= 0.3 is 18.4 Å². The Labute approximate surface area is 478 Å². The summed E-state index contributed by atoms with van der Waals surface area (Å²) in [4.78, 5) is 66.2. The molecule has 3 fully saturated rings. The predicted octanol–water partition coefficient (Wildman–Crippen LogP) is 7.50. The first-order valence-corrected chi connectivity index (χ1v) is 26.6. The molecule has 0 spiro atoms. The number of rotatable bonds is 19. The molecule has 4 aromatic rings. The van der Waals surface area contributed by atoms with Gasteiger partial charge in [-0.15, -0.1) is 0 Å². The van der Waals surface area contributed by atoms with Crippen LogP contribution in [0.5, 0.6) is 0 Å². The smallest absolute Gasteiger partial charge is 0.407 e. The zero-order valence-electron chi connectivity index (χ0n) is 46.6. The van der Waals surface area contributed by atoms with Crippen molar-refractivity contribution < 1.29 is 67.7 Å². The van der Waals surface area contributed by atoms with Crippen LogP contribution in [-0.2, 0) is 36.8 Å². The van der Waals surface area contributed by atoms with Crippen molar-refractivity contribution in [3.05, 3.63) is 107 Å². The normalized spacial score (nSPS) is 19.8. The van der Waals surface area contributed by atoms with Gasteiger partial charge in [0.1, 0.15) is 35.2 Å². The van der Waals surface area contributed by atoms with Crippen LogP contribution in [0, 0.1) is 40.2 Å². The molecule has 7 atom stereocenters. The van der Waals surface area contributed by atoms with E-state index in [0.717, 1.165) is 95.6 Å². The van der Waals surface area contributed by atoms with Crippen molar-refractivity contribution in [2.75, 3.05) is 58.5 Å². The van der Waals surface area contributed by atoms with E-state index >= 15 is 13.2 Å². The average Bonchev–Trinajstić information content (AvgIpc) is 1.72. The number of benzene rings is 2. The van der Waals surface area contributed by atoms with E-state index in [1.165, 1.54) is 12.4 Å². The second-order valence-corrected chi connectivity index (χ2v) is 21.6. The molecule has 82 heavy (non-hydrogen) atoms. The van der Waals surface area contributed by atoms with Crippen LogP contribution in [0.2, 0.25) is 0 Å². The lowest BCUT2D eigenvalue weighted by Crippen LogP contribution is -2.67. The number of nitrogens with two attached hydrogens (primary N) is 1. The van der Waals surface area contributed by atoms with Gasteiger partial charge in [0.15, 0.2) is 5.82 Å². The summed E-state index contributed by atoms with van der Waals surface area (Å²) in [5, 5.41) is 21.8. The summed E-state index contributed by atoms with van der Waals surface area (Å²) >= 11 is 0. The number of alkyl carbamates (subject to hydrolysis) is 2. The van der Waals surface area contributed by atoms with E-state index < -0.39 is 82.5 Å². The lowest BCUT2D eigenvalue weighted by atomic mass is 9.54. The fourth-order valence-electron chi connectivity index (χ4n) is 10.2. The number of ether oxygens (including phenoxy) is 3. The number of nitrogens with zero attached hydrogens (tertiary/aromatic N) is 5. The molecule has 452 valence electrons. The Bertz CT molecular complexity index is 2840. The molecule has 2 aliphatic heterocycles. The highest BCUT2D eigenvalue weighted by Crippen LogP contribution is 2.56. The first-order chi connectivity index (χ1) is 38.2. The second kappa shape index (κ2) is 28.3. The Morgan fingerprint density at radius 3 is 2.00 bits per heavy atom. The summed E-state index contributed by atoms with van der Waals surface area (Å²) in [7, 11) is 2.12. The van der Waals surface area contributed by atoms with Crippen LogP contribution in [0.1, 0.15) is 93.3 Å². The number of methoxy groups -OCH3 is 2. The number of aliphatic hydroxyl groups excluding tert-OH is 1. The second-order valence-electron chi connectivity index (χ2n) is 21.6. The number of amides is 4. The number of aromatic nitrogens is 3. The summed E-state index contributed by atoms with van der Waals surface area (Å²) in [6.45, 7) is 12.7.